The van der Waals surface area contributed by atoms with Crippen LogP contribution in [0.2, 0.25) is 5.02 Å². The van der Waals surface area contributed by atoms with Crippen LogP contribution in [0, 0.1) is 0 Å². The minimum atomic E-state index is -0.365. The predicted octanol–water partition coefficient (Wildman–Crippen LogP) is 1.58. The van der Waals surface area contributed by atoms with Crippen LogP contribution in [0.3, 0.4) is 0 Å². The summed E-state index contributed by atoms with van der Waals surface area (Å²) in [6.07, 6.45) is 8.17. The molecule has 0 radical (unpaired) electrons. The van der Waals surface area contributed by atoms with Crippen molar-refractivity contribution in [1.29, 1.82) is 0 Å². The van der Waals surface area contributed by atoms with Crippen LogP contribution in [-0.4, -0.2) is 62.5 Å². The van der Waals surface area contributed by atoms with E-state index in [1.165, 1.54) is 0 Å². The van der Waals surface area contributed by atoms with Gasteiger partial charge < -0.3 is 16.4 Å². The summed E-state index contributed by atoms with van der Waals surface area (Å²) in [6.45, 7) is 1.93. The first-order chi connectivity index (χ1) is 17.0. The molecule has 2 aromatic heterocycles. The van der Waals surface area contributed by atoms with Crippen LogP contribution in [0.4, 0.5) is 5.95 Å². The maximum absolute atomic E-state index is 12.9. The lowest BCUT2D eigenvalue weighted by Gasteiger charge is -2.18. The fourth-order valence-corrected chi connectivity index (χ4v) is 4.46. The van der Waals surface area contributed by atoms with Crippen LogP contribution in [0.25, 0.3) is 5.52 Å². The number of carbonyl (C=O) groups excluding carboxylic acids is 2. The molecule has 0 bridgehead atoms. The first-order valence-corrected chi connectivity index (χ1v) is 11.7. The molecule has 2 amide bonds. The molecule has 2 aliphatic heterocycles. The number of likely N-dealkylation sites (tertiary alicyclic amines) is 1. The number of fused-ring (bicyclic) bond motifs is 1. The third-order valence-electron chi connectivity index (χ3n) is 6.15. The zero-order chi connectivity index (χ0) is 24.4. The second-order valence-electron chi connectivity index (χ2n) is 8.66. The molecule has 10 nitrogen and oxygen atoms in total. The highest BCUT2D eigenvalue weighted by atomic mass is 35.5. The quantitative estimate of drug-likeness (QED) is 0.448. The van der Waals surface area contributed by atoms with Crippen LogP contribution in [0.15, 0.2) is 65.3 Å². The average Bonchev–Trinajstić information content (AvgIpc) is 3.57. The van der Waals surface area contributed by atoms with E-state index in [1.807, 2.05) is 16.5 Å². The summed E-state index contributed by atoms with van der Waals surface area (Å²) in [5.74, 6) is 0.188. The van der Waals surface area contributed by atoms with Crippen LogP contribution in [-0.2, 0) is 16.1 Å². The smallest absolute Gasteiger partial charge is 0.267 e. The Kier molecular flexibility index (Phi) is 6.47. The molecule has 2 aliphatic rings. The highest BCUT2D eigenvalue weighted by Gasteiger charge is 2.31. The Labute approximate surface area is 206 Å². The van der Waals surface area contributed by atoms with Crippen molar-refractivity contribution in [3.63, 3.8) is 0 Å². The first-order valence-electron chi connectivity index (χ1n) is 11.3. The highest BCUT2D eigenvalue weighted by Crippen LogP contribution is 2.22. The molecule has 1 aromatic carbocycles. The van der Waals surface area contributed by atoms with E-state index in [4.69, 9.17) is 22.3 Å². The van der Waals surface area contributed by atoms with E-state index in [-0.39, 0.29) is 23.6 Å². The third-order valence-corrected chi connectivity index (χ3v) is 6.40. The number of aromatic nitrogens is 3. The monoisotopic (exact) mass is 492 g/mol. The Hall–Kier alpha value is -3.76. The van der Waals surface area contributed by atoms with Crippen molar-refractivity contribution in [2.45, 2.75) is 25.4 Å². The fourth-order valence-electron chi connectivity index (χ4n) is 4.33. The van der Waals surface area contributed by atoms with Gasteiger partial charge >= 0.3 is 0 Å². The zero-order valence-electron chi connectivity index (χ0n) is 18.9. The van der Waals surface area contributed by atoms with E-state index in [9.17, 15) is 9.59 Å². The topological polar surface area (TPSA) is 130 Å². The molecular formula is C24H25ClN8O2. The van der Waals surface area contributed by atoms with Gasteiger partial charge in [0.15, 0.2) is 0 Å². The number of amides is 2. The summed E-state index contributed by atoms with van der Waals surface area (Å²) in [5.41, 5.74) is 9.56. The second-order valence-corrected chi connectivity index (χ2v) is 9.10. The molecule has 2 saturated heterocycles. The lowest BCUT2D eigenvalue weighted by atomic mass is 10.1. The van der Waals surface area contributed by atoms with Crippen LogP contribution in [0.1, 0.15) is 18.4 Å². The second kappa shape index (κ2) is 9.85. The average molecular weight is 493 g/mol. The van der Waals surface area contributed by atoms with Gasteiger partial charge in [-0.3, -0.25) is 23.9 Å². The maximum Gasteiger partial charge on any atom is 0.267 e. The molecule has 4 heterocycles. The van der Waals surface area contributed by atoms with Gasteiger partial charge in [0.1, 0.15) is 5.70 Å². The molecule has 0 spiro atoms. The van der Waals surface area contributed by atoms with Gasteiger partial charge in [-0.05, 0) is 24.1 Å². The summed E-state index contributed by atoms with van der Waals surface area (Å²) in [7, 11) is 0. The normalized spacial score (nSPS) is 21.0. The Morgan fingerprint density at radius 2 is 2.09 bits per heavy atom. The summed E-state index contributed by atoms with van der Waals surface area (Å²) < 4.78 is 1.83. The molecule has 180 valence electrons. The number of nitrogens with one attached hydrogen (secondary N) is 2. The van der Waals surface area contributed by atoms with Gasteiger partial charge in [-0.1, -0.05) is 23.7 Å². The van der Waals surface area contributed by atoms with E-state index >= 15 is 0 Å². The summed E-state index contributed by atoms with van der Waals surface area (Å²) >= 11 is 5.94. The Morgan fingerprint density at radius 3 is 2.86 bits per heavy atom. The Bertz CT molecular complexity index is 1330. The van der Waals surface area contributed by atoms with Crippen molar-refractivity contribution in [1.82, 2.24) is 29.9 Å². The van der Waals surface area contributed by atoms with E-state index in [0.717, 1.165) is 17.5 Å². The number of nitrogens with two attached hydrogens (primary N) is 1. The van der Waals surface area contributed by atoms with Gasteiger partial charge in [0.25, 0.3) is 5.91 Å². The number of carbonyl (C=O) groups is 2. The highest BCUT2D eigenvalue weighted by molar-refractivity contribution is 6.30. The number of aliphatic imine (C=N–C) groups is 1. The van der Waals surface area contributed by atoms with Crippen molar-refractivity contribution in [3.8, 4) is 0 Å². The molecule has 3 aromatic rings. The largest absolute Gasteiger partial charge is 0.394 e. The molecule has 11 heteroatoms. The number of hydrogen-bond acceptors (Lipinski definition) is 7. The third kappa shape index (κ3) is 5.18. The number of halogens is 1. The minimum Gasteiger partial charge on any atom is -0.394 e. The number of rotatable bonds is 6. The van der Waals surface area contributed by atoms with Gasteiger partial charge in [-0.15, -0.1) is 0 Å². The Morgan fingerprint density at radius 1 is 1.26 bits per heavy atom. The minimum absolute atomic E-state index is 0.0670. The van der Waals surface area contributed by atoms with E-state index < -0.39 is 0 Å². The first kappa shape index (κ1) is 23.0. The fraction of sp³-hybridized carbons (Fsp3) is 0.292. The standard InChI is InChI=1S/C24H25ClN8O2/c25-16-3-1-15(2-4-16)9-28-23(35)22(26)19-13-32(12-17-5-6-21(34)30-17)14-20(19)31-24-29-11-18-10-27-7-8-33(18)24/h1-4,7-8,10-11,17H,5-6,9,12-14,26H2,(H,28,35)(H,30,34)/b22-19-,31-20+/t17-/m1/s1. The molecule has 1 atom stereocenters. The van der Waals surface area contributed by atoms with Gasteiger partial charge in [-0.2, -0.15) is 0 Å². The lowest BCUT2D eigenvalue weighted by Crippen LogP contribution is -2.37. The summed E-state index contributed by atoms with van der Waals surface area (Å²) in [4.78, 5) is 40.0. The SMILES string of the molecule is N/C(C(=O)NCc1ccc(Cl)cc1)=C1/CN(C[C@H]2CCC(=O)N2)C/C1=N\c1ncc2cnccn12. The van der Waals surface area contributed by atoms with Crippen molar-refractivity contribution in [2.24, 2.45) is 10.7 Å². The van der Waals surface area contributed by atoms with Crippen molar-refractivity contribution in [2.75, 3.05) is 19.6 Å². The van der Waals surface area contributed by atoms with Crippen LogP contribution in [0.5, 0.6) is 0 Å². The molecular weight excluding hydrogens is 468 g/mol. The summed E-state index contributed by atoms with van der Waals surface area (Å²) in [6, 6.07) is 7.32. The van der Waals surface area contributed by atoms with Crippen LogP contribution >= 0.6 is 11.6 Å². The predicted molar refractivity (Wildman–Crippen MR) is 132 cm³/mol. The number of imidazole rings is 1. The van der Waals surface area contributed by atoms with Gasteiger partial charge in [0, 0.05) is 61.6 Å². The van der Waals surface area contributed by atoms with Gasteiger partial charge in [0.05, 0.1) is 23.6 Å². The van der Waals surface area contributed by atoms with Crippen molar-refractivity contribution in [3.05, 3.63) is 70.9 Å². The molecule has 0 unspecified atom stereocenters. The molecule has 4 N–H and O–H groups in total. The molecule has 0 aliphatic carbocycles. The van der Waals surface area contributed by atoms with E-state index in [1.54, 1.807) is 36.9 Å². The molecule has 2 fully saturated rings. The maximum atomic E-state index is 12.9. The van der Waals surface area contributed by atoms with Crippen molar-refractivity contribution >= 4 is 40.6 Å². The number of nitrogens with zero attached hydrogens (tertiary/aromatic N) is 5. The van der Waals surface area contributed by atoms with E-state index in [2.05, 4.69) is 25.5 Å². The van der Waals surface area contributed by atoms with Gasteiger partial charge in [-0.25, -0.2) is 9.98 Å². The van der Waals surface area contributed by atoms with Crippen molar-refractivity contribution < 1.29 is 9.59 Å². The molecule has 0 saturated carbocycles. The Balaban J connectivity index is 1.40. The molecule has 35 heavy (non-hydrogen) atoms. The lowest BCUT2D eigenvalue weighted by molar-refractivity contribution is -0.119. The number of hydrogen-bond donors (Lipinski definition) is 3. The van der Waals surface area contributed by atoms with Gasteiger partial charge in [0.2, 0.25) is 11.9 Å². The van der Waals surface area contributed by atoms with Crippen LogP contribution < -0.4 is 16.4 Å². The number of benzene rings is 1. The zero-order valence-corrected chi connectivity index (χ0v) is 19.7. The molecule has 5 rings (SSSR count). The van der Waals surface area contributed by atoms with E-state index in [0.29, 0.717) is 54.9 Å². The summed E-state index contributed by atoms with van der Waals surface area (Å²) in [5, 5.41) is 6.50.